The Kier molecular flexibility index (Phi) is 4.66. The van der Waals surface area contributed by atoms with Gasteiger partial charge in [-0.3, -0.25) is 4.90 Å². The van der Waals surface area contributed by atoms with Gasteiger partial charge in [-0.15, -0.1) is 13.2 Å². The summed E-state index contributed by atoms with van der Waals surface area (Å²) in [6.07, 6.45) is -2.54. The van der Waals surface area contributed by atoms with Gasteiger partial charge in [-0.1, -0.05) is 15.9 Å². The fourth-order valence-corrected chi connectivity index (χ4v) is 3.47. The summed E-state index contributed by atoms with van der Waals surface area (Å²) in [6.45, 7) is 3.43. The number of hydrogen-bond donors (Lipinski definition) is 1. The van der Waals surface area contributed by atoms with Crippen LogP contribution in [0.5, 0.6) is 5.75 Å². The van der Waals surface area contributed by atoms with Crippen molar-refractivity contribution in [1.29, 1.82) is 0 Å². The molecule has 1 atom stereocenters. The lowest BCUT2D eigenvalue weighted by Crippen LogP contribution is -2.45. The second kappa shape index (κ2) is 6.37. The van der Waals surface area contributed by atoms with Crippen molar-refractivity contribution in [1.82, 2.24) is 10.2 Å². The monoisotopic (exact) mass is 378 g/mol. The molecular formula is C15H18BrF3N2O. The van der Waals surface area contributed by atoms with Crippen LogP contribution >= 0.6 is 15.9 Å². The Morgan fingerprint density at radius 3 is 2.50 bits per heavy atom. The highest BCUT2D eigenvalue weighted by molar-refractivity contribution is 9.10. The van der Waals surface area contributed by atoms with Gasteiger partial charge in [0.2, 0.25) is 0 Å². The third kappa shape index (κ3) is 3.94. The highest BCUT2D eigenvalue weighted by Crippen LogP contribution is 2.48. The zero-order valence-electron chi connectivity index (χ0n) is 12.0. The first-order valence-electron chi connectivity index (χ1n) is 7.44. The van der Waals surface area contributed by atoms with Gasteiger partial charge in [-0.05, 0) is 37.0 Å². The molecule has 0 aromatic heterocycles. The first-order chi connectivity index (χ1) is 10.4. The van der Waals surface area contributed by atoms with Crippen LogP contribution in [0.15, 0.2) is 22.7 Å². The van der Waals surface area contributed by atoms with Crippen LogP contribution in [0.1, 0.15) is 24.4 Å². The molecule has 0 spiro atoms. The Morgan fingerprint density at radius 1 is 1.23 bits per heavy atom. The summed E-state index contributed by atoms with van der Waals surface area (Å²) in [5, 5.41) is 3.28. The number of piperazine rings is 1. The maximum Gasteiger partial charge on any atom is 0.573 e. The zero-order valence-corrected chi connectivity index (χ0v) is 13.6. The van der Waals surface area contributed by atoms with Crippen molar-refractivity contribution in [2.24, 2.45) is 5.92 Å². The topological polar surface area (TPSA) is 24.5 Å². The smallest absolute Gasteiger partial charge is 0.405 e. The SMILES string of the molecule is FC(F)(F)Oc1ccc(Br)cc1[C@H](C1CC1)N1CCNCC1. The molecule has 1 aliphatic heterocycles. The molecule has 1 aromatic rings. The maximum absolute atomic E-state index is 12.7. The minimum absolute atomic E-state index is 0.00282. The minimum atomic E-state index is -4.67. The minimum Gasteiger partial charge on any atom is -0.405 e. The van der Waals surface area contributed by atoms with E-state index in [1.54, 1.807) is 12.1 Å². The van der Waals surface area contributed by atoms with E-state index in [0.717, 1.165) is 43.5 Å². The van der Waals surface area contributed by atoms with E-state index in [9.17, 15) is 13.2 Å². The van der Waals surface area contributed by atoms with Crippen molar-refractivity contribution >= 4 is 15.9 Å². The average Bonchev–Trinajstić information content (AvgIpc) is 3.27. The number of nitrogens with zero attached hydrogens (tertiary/aromatic N) is 1. The van der Waals surface area contributed by atoms with E-state index >= 15 is 0 Å². The number of rotatable bonds is 4. The molecule has 1 heterocycles. The highest BCUT2D eigenvalue weighted by atomic mass is 79.9. The number of ether oxygens (including phenoxy) is 1. The Labute approximate surface area is 135 Å². The van der Waals surface area contributed by atoms with Crippen LogP contribution in [-0.2, 0) is 0 Å². The summed E-state index contributed by atoms with van der Waals surface area (Å²) in [5.74, 6) is 0.342. The Morgan fingerprint density at radius 2 is 1.91 bits per heavy atom. The fraction of sp³-hybridized carbons (Fsp3) is 0.600. The van der Waals surface area contributed by atoms with E-state index in [4.69, 9.17) is 0 Å². The molecule has 1 saturated heterocycles. The van der Waals surface area contributed by atoms with Crippen LogP contribution in [0.2, 0.25) is 0 Å². The van der Waals surface area contributed by atoms with Crippen molar-refractivity contribution in [3.8, 4) is 5.75 Å². The van der Waals surface area contributed by atoms with Gasteiger partial charge in [0.1, 0.15) is 5.75 Å². The van der Waals surface area contributed by atoms with Gasteiger partial charge in [0.15, 0.2) is 0 Å². The summed E-state index contributed by atoms with van der Waals surface area (Å²) < 4.78 is 43.1. The van der Waals surface area contributed by atoms with Crippen LogP contribution in [0, 0.1) is 5.92 Å². The predicted molar refractivity (Wildman–Crippen MR) is 80.7 cm³/mol. The van der Waals surface area contributed by atoms with Crippen molar-refractivity contribution in [2.75, 3.05) is 26.2 Å². The van der Waals surface area contributed by atoms with E-state index in [2.05, 4.69) is 30.9 Å². The summed E-state index contributed by atoms with van der Waals surface area (Å²) in [4.78, 5) is 2.28. The lowest BCUT2D eigenvalue weighted by molar-refractivity contribution is -0.275. The molecule has 3 rings (SSSR count). The molecule has 22 heavy (non-hydrogen) atoms. The first-order valence-corrected chi connectivity index (χ1v) is 8.23. The van der Waals surface area contributed by atoms with Gasteiger partial charge in [0.05, 0.1) is 0 Å². The molecule has 0 bridgehead atoms. The number of alkyl halides is 3. The van der Waals surface area contributed by atoms with Crippen molar-refractivity contribution in [2.45, 2.75) is 25.2 Å². The summed E-state index contributed by atoms with van der Waals surface area (Å²) in [5.41, 5.74) is 0.635. The zero-order chi connectivity index (χ0) is 15.7. The molecular weight excluding hydrogens is 361 g/mol. The highest BCUT2D eigenvalue weighted by Gasteiger charge is 2.40. The molecule has 0 unspecified atom stereocenters. The second-order valence-electron chi connectivity index (χ2n) is 5.80. The fourth-order valence-electron chi connectivity index (χ4n) is 3.09. The van der Waals surface area contributed by atoms with Gasteiger partial charge in [0.25, 0.3) is 0 Å². The molecule has 1 aromatic carbocycles. The lowest BCUT2D eigenvalue weighted by atomic mass is 9.98. The molecule has 7 heteroatoms. The van der Waals surface area contributed by atoms with Crippen molar-refractivity contribution in [3.63, 3.8) is 0 Å². The molecule has 0 amide bonds. The average molecular weight is 379 g/mol. The molecule has 0 radical (unpaired) electrons. The normalized spacial score (nSPS) is 21.6. The Hall–Kier alpha value is -0.790. The molecule has 3 nitrogen and oxygen atoms in total. The third-order valence-corrected chi connectivity index (χ3v) is 4.62. The first kappa shape index (κ1) is 16.1. The van der Waals surface area contributed by atoms with E-state index in [1.165, 1.54) is 6.07 Å². The quantitative estimate of drug-likeness (QED) is 0.864. The molecule has 2 fully saturated rings. The van der Waals surface area contributed by atoms with Crippen molar-refractivity contribution < 1.29 is 17.9 Å². The number of benzene rings is 1. The van der Waals surface area contributed by atoms with Crippen LogP contribution in [0.3, 0.4) is 0 Å². The summed E-state index contributed by atoms with van der Waals surface area (Å²) in [6, 6.07) is 4.76. The number of nitrogens with one attached hydrogen (secondary N) is 1. The largest absolute Gasteiger partial charge is 0.573 e. The molecule has 1 aliphatic carbocycles. The number of halogens is 4. The van der Waals surface area contributed by atoms with Crippen LogP contribution in [-0.4, -0.2) is 37.4 Å². The van der Waals surface area contributed by atoms with E-state index in [-0.39, 0.29) is 11.8 Å². The third-order valence-electron chi connectivity index (χ3n) is 4.13. The second-order valence-corrected chi connectivity index (χ2v) is 6.71. The standard InChI is InChI=1S/C15H18BrF3N2O/c16-11-3-4-13(22-15(17,18)19)12(9-11)14(10-1-2-10)21-7-5-20-6-8-21/h3-4,9-10,14,20H,1-2,5-8H2/t14-/m0/s1. The van der Waals surface area contributed by atoms with Gasteiger partial charge in [-0.25, -0.2) is 0 Å². The molecule has 122 valence electrons. The van der Waals surface area contributed by atoms with Gasteiger partial charge < -0.3 is 10.1 Å². The Bertz CT molecular complexity index is 528. The Balaban J connectivity index is 1.93. The lowest BCUT2D eigenvalue weighted by Gasteiger charge is -2.36. The maximum atomic E-state index is 12.7. The van der Waals surface area contributed by atoms with Crippen LogP contribution in [0.25, 0.3) is 0 Å². The van der Waals surface area contributed by atoms with Gasteiger partial charge in [0, 0.05) is 42.3 Å². The predicted octanol–water partition coefficient (Wildman–Crippen LogP) is 3.70. The van der Waals surface area contributed by atoms with E-state index in [0.29, 0.717) is 11.5 Å². The van der Waals surface area contributed by atoms with Crippen LogP contribution < -0.4 is 10.1 Å². The van der Waals surface area contributed by atoms with Crippen molar-refractivity contribution in [3.05, 3.63) is 28.2 Å². The molecule has 1 saturated carbocycles. The van der Waals surface area contributed by atoms with E-state index < -0.39 is 6.36 Å². The van der Waals surface area contributed by atoms with Crippen LogP contribution in [0.4, 0.5) is 13.2 Å². The summed E-state index contributed by atoms with van der Waals surface area (Å²) >= 11 is 3.37. The molecule has 1 N–H and O–H groups in total. The number of hydrogen-bond acceptors (Lipinski definition) is 3. The summed E-state index contributed by atoms with van der Waals surface area (Å²) in [7, 11) is 0. The van der Waals surface area contributed by atoms with Gasteiger partial charge in [-0.2, -0.15) is 0 Å². The molecule has 2 aliphatic rings. The van der Waals surface area contributed by atoms with Gasteiger partial charge >= 0.3 is 6.36 Å². The van der Waals surface area contributed by atoms with E-state index in [1.807, 2.05) is 0 Å².